The molecule has 13 aromatic carbocycles. The standard InChI is InChI=1S/C85H59N3/c1-52-21-35-69-70-36-28-62(51-78(70)85(77(69)43-52,64-33-26-54-22-24-56(54)44-64)65-34-27-55-23-25-57(55)45-65)63-41-53(2)42-68(46-63)88-83-39-31-60(58-29-37-81-73(47-58)71-17-9-11-19-79(71)86(81)66-13-5-3-6-14-66)49-75(83)76-50-61(32-40-84(76)88)59-30-38-82-74(48-59)72-18-10-12-20-80(72)87(82)67-15-7-4-8-16-67/h3-21,26-51H,22-25H2,1-2H3. The summed E-state index contributed by atoms with van der Waals surface area (Å²) in [5, 5.41) is 7.43. The molecule has 3 aliphatic carbocycles. The molecule has 0 saturated carbocycles. The Hall–Kier alpha value is -10.7. The van der Waals surface area contributed by atoms with E-state index in [0.717, 1.165) is 29.9 Å². The van der Waals surface area contributed by atoms with Crippen LogP contribution < -0.4 is 0 Å². The van der Waals surface area contributed by atoms with Gasteiger partial charge in [-0.15, -0.1) is 0 Å². The smallest absolute Gasteiger partial charge is 0.0714 e. The Morgan fingerprint density at radius 1 is 0.250 bits per heavy atom. The molecule has 0 unspecified atom stereocenters. The molecular formula is C85H59N3. The number of fused-ring (bicyclic) bond motifs is 14. The molecule has 88 heavy (non-hydrogen) atoms. The van der Waals surface area contributed by atoms with Crippen molar-refractivity contribution in [2.24, 2.45) is 0 Å². The highest BCUT2D eigenvalue weighted by molar-refractivity contribution is 6.15. The Morgan fingerprint density at radius 3 is 1.12 bits per heavy atom. The fraction of sp³-hybridized carbons (Fsp3) is 0.0824. The van der Waals surface area contributed by atoms with Crippen molar-refractivity contribution < 1.29 is 0 Å². The molecular weight excluding hydrogens is 1060 g/mol. The summed E-state index contributed by atoms with van der Waals surface area (Å²) < 4.78 is 7.33. The van der Waals surface area contributed by atoms with Gasteiger partial charge in [0.1, 0.15) is 0 Å². The average Bonchev–Trinajstić information content (AvgIpc) is 1.51. The van der Waals surface area contributed by atoms with Crippen molar-refractivity contribution in [3.05, 3.63) is 329 Å². The van der Waals surface area contributed by atoms with Gasteiger partial charge in [-0.25, -0.2) is 0 Å². The lowest BCUT2D eigenvalue weighted by Crippen LogP contribution is -2.30. The molecule has 0 N–H and O–H groups in total. The monoisotopic (exact) mass is 1120 g/mol. The molecule has 0 atom stereocenters. The Morgan fingerprint density at radius 2 is 0.648 bits per heavy atom. The van der Waals surface area contributed by atoms with Gasteiger partial charge in [-0.1, -0.05) is 175 Å². The van der Waals surface area contributed by atoms with Crippen LogP contribution >= 0.6 is 0 Å². The van der Waals surface area contributed by atoms with E-state index in [4.69, 9.17) is 0 Å². The number of aromatic nitrogens is 3. The molecule has 0 fully saturated rings. The molecule has 0 radical (unpaired) electrons. The van der Waals surface area contributed by atoms with Crippen molar-refractivity contribution in [3.63, 3.8) is 0 Å². The summed E-state index contributed by atoms with van der Waals surface area (Å²) in [7, 11) is 0. The minimum Gasteiger partial charge on any atom is -0.309 e. The van der Waals surface area contributed by atoms with Crippen LogP contribution in [-0.4, -0.2) is 13.7 Å². The van der Waals surface area contributed by atoms with Gasteiger partial charge in [-0.3, -0.25) is 0 Å². The summed E-state index contributed by atoms with van der Waals surface area (Å²) >= 11 is 0. The summed E-state index contributed by atoms with van der Waals surface area (Å²) in [6.07, 6.45) is 4.61. The maximum Gasteiger partial charge on any atom is 0.0714 e. The van der Waals surface area contributed by atoms with Crippen molar-refractivity contribution in [1.29, 1.82) is 0 Å². The van der Waals surface area contributed by atoms with Crippen molar-refractivity contribution in [1.82, 2.24) is 13.7 Å². The zero-order valence-electron chi connectivity index (χ0n) is 49.2. The first-order valence-electron chi connectivity index (χ1n) is 31.3. The van der Waals surface area contributed by atoms with Crippen molar-refractivity contribution in [3.8, 4) is 61.6 Å². The number of nitrogens with zero attached hydrogens (tertiary/aromatic N) is 3. The molecule has 0 amide bonds. The van der Waals surface area contributed by atoms with E-state index >= 15 is 0 Å². The number of hydrogen-bond donors (Lipinski definition) is 0. The van der Waals surface area contributed by atoms with E-state index in [1.807, 2.05) is 0 Å². The molecule has 19 rings (SSSR count). The molecule has 3 aromatic heterocycles. The minimum absolute atomic E-state index is 0.468. The molecule has 3 nitrogen and oxygen atoms in total. The van der Waals surface area contributed by atoms with Gasteiger partial charge >= 0.3 is 0 Å². The molecule has 3 heteroatoms. The van der Waals surface area contributed by atoms with Gasteiger partial charge in [0, 0.05) is 49.4 Å². The Kier molecular flexibility index (Phi) is 10.5. The van der Waals surface area contributed by atoms with E-state index in [1.165, 1.54) is 178 Å². The lowest BCUT2D eigenvalue weighted by molar-refractivity contribution is 0.739. The number of benzene rings is 13. The van der Waals surface area contributed by atoms with E-state index in [0.29, 0.717) is 0 Å². The highest BCUT2D eigenvalue weighted by atomic mass is 15.0. The number of hydrogen-bond acceptors (Lipinski definition) is 0. The fourth-order valence-corrected chi connectivity index (χ4v) is 16.0. The number of aryl methyl sites for hydroxylation is 6. The molecule has 0 bridgehead atoms. The van der Waals surface area contributed by atoms with E-state index in [2.05, 4.69) is 301 Å². The predicted molar refractivity (Wildman–Crippen MR) is 367 cm³/mol. The second kappa shape index (κ2) is 18.6. The van der Waals surface area contributed by atoms with Gasteiger partial charge in [0.15, 0.2) is 0 Å². The van der Waals surface area contributed by atoms with Gasteiger partial charge in [-0.2, -0.15) is 0 Å². The Bertz CT molecular complexity index is 5380. The van der Waals surface area contributed by atoms with Crippen molar-refractivity contribution in [2.75, 3.05) is 0 Å². The third kappa shape index (κ3) is 7.13. The summed E-state index contributed by atoms with van der Waals surface area (Å²) in [5.74, 6) is 0. The topological polar surface area (TPSA) is 14.8 Å². The first kappa shape index (κ1) is 49.5. The van der Waals surface area contributed by atoms with E-state index in [-0.39, 0.29) is 0 Å². The minimum atomic E-state index is -0.468. The second-order valence-electron chi connectivity index (χ2n) is 25.2. The quantitative estimate of drug-likeness (QED) is 0.144. The molecule has 0 spiro atoms. The van der Waals surface area contributed by atoms with Gasteiger partial charge in [0.25, 0.3) is 0 Å². The van der Waals surface area contributed by atoms with Crippen LogP contribution in [0.5, 0.6) is 0 Å². The largest absolute Gasteiger partial charge is 0.309 e. The summed E-state index contributed by atoms with van der Waals surface area (Å²) in [6, 6.07) is 104. The number of para-hydroxylation sites is 4. The van der Waals surface area contributed by atoms with Crippen molar-refractivity contribution >= 4 is 65.4 Å². The summed E-state index contributed by atoms with van der Waals surface area (Å²) in [5.41, 5.74) is 34.0. The highest BCUT2D eigenvalue weighted by Gasteiger charge is 2.47. The van der Waals surface area contributed by atoms with Crippen LogP contribution in [0.2, 0.25) is 0 Å². The highest BCUT2D eigenvalue weighted by Crippen LogP contribution is 2.58. The van der Waals surface area contributed by atoms with E-state index in [9.17, 15) is 0 Å². The molecule has 3 heterocycles. The van der Waals surface area contributed by atoms with Crippen LogP contribution in [-0.2, 0) is 31.1 Å². The van der Waals surface area contributed by atoms with Crippen LogP contribution in [0.1, 0.15) is 55.6 Å². The maximum absolute atomic E-state index is 2.56. The second-order valence-corrected chi connectivity index (χ2v) is 25.2. The Labute approximate surface area is 511 Å². The van der Waals surface area contributed by atoms with Gasteiger partial charge in [-0.05, 0) is 237 Å². The molecule has 0 aliphatic heterocycles. The zero-order chi connectivity index (χ0) is 57.9. The van der Waals surface area contributed by atoms with Crippen LogP contribution in [0.4, 0.5) is 0 Å². The zero-order valence-corrected chi connectivity index (χ0v) is 49.2. The average molecular weight is 1120 g/mol. The molecule has 3 aliphatic rings. The molecule has 0 saturated heterocycles. The predicted octanol–water partition coefficient (Wildman–Crippen LogP) is 21.2. The SMILES string of the molecule is Cc1cc(-c2ccc3c(c2)C(c2ccc4c(c2)CC4)(c2ccc4c(c2)CC4)c2cc(C)ccc2-3)cc(-n2c3ccc(-c4ccc5c(c4)c4ccccc4n5-c4ccccc4)cc3c3cc(-c4ccc5c(c4)c4ccccc4n5-c4ccccc4)ccc32)c1. The van der Waals surface area contributed by atoms with Gasteiger partial charge in [0.05, 0.1) is 38.5 Å². The van der Waals surface area contributed by atoms with Crippen LogP contribution in [0, 0.1) is 13.8 Å². The lowest BCUT2D eigenvalue weighted by atomic mass is 9.65. The van der Waals surface area contributed by atoms with Crippen LogP contribution in [0.15, 0.2) is 273 Å². The maximum atomic E-state index is 2.56. The summed E-state index contributed by atoms with van der Waals surface area (Å²) in [4.78, 5) is 0. The summed E-state index contributed by atoms with van der Waals surface area (Å²) in [6.45, 7) is 4.53. The van der Waals surface area contributed by atoms with Gasteiger partial charge in [0.2, 0.25) is 0 Å². The molecule has 16 aromatic rings. The van der Waals surface area contributed by atoms with E-state index < -0.39 is 5.41 Å². The molecule has 414 valence electrons. The van der Waals surface area contributed by atoms with Crippen LogP contribution in [0.25, 0.3) is 127 Å². The normalized spacial score (nSPS) is 13.7. The van der Waals surface area contributed by atoms with E-state index in [1.54, 1.807) is 0 Å². The first-order valence-corrected chi connectivity index (χ1v) is 31.3. The Balaban J connectivity index is 0.805. The van der Waals surface area contributed by atoms with Gasteiger partial charge < -0.3 is 13.7 Å². The third-order valence-corrected chi connectivity index (χ3v) is 20.4. The fourth-order valence-electron chi connectivity index (χ4n) is 16.0. The lowest BCUT2D eigenvalue weighted by Gasteiger charge is -2.37. The van der Waals surface area contributed by atoms with Crippen molar-refractivity contribution in [2.45, 2.75) is 44.9 Å². The number of rotatable bonds is 8. The first-order chi connectivity index (χ1) is 43.4. The third-order valence-electron chi connectivity index (χ3n) is 20.4. The van der Waals surface area contributed by atoms with Crippen LogP contribution in [0.3, 0.4) is 0 Å².